The molecule has 3 aromatic rings. The molecule has 0 saturated carbocycles. The molecule has 27 heavy (non-hydrogen) atoms. The van der Waals surface area contributed by atoms with Gasteiger partial charge in [0.2, 0.25) is 5.91 Å². The first kappa shape index (κ1) is 18.6. The third-order valence-corrected chi connectivity index (χ3v) is 4.27. The summed E-state index contributed by atoms with van der Waals surface area (Å²) in [5.41, 5.74) is 2.49. The lowest BCUT2D eigenvalue weighted by molar-refractivity contribution is -0.122. The molecule has 3 rings (SSSR count). The van der Waals surface area contributed by atoms with Crippen LogP contribution in [0.1, 0.15) is 41.4 Å². The number of furan rings is 1. The Morgan fingerprint density at radius 3 is 2.59 bits per heavy atom. The molecule has 0 unspecified atom stereocenters. The minimum Gasteiger partial charge on any atom is -0.466 e. The van der Waals surface area contributed by atoms with Crippen LogP contribution in [0.2, 0.25) is 0 Å². The van der Waals surface area contributed by atoms with Crippen LogP contribution in [0.4, 0.5) is 0 Å². The standard InChI is InChI=1S/C19H22N4O4/c1-6-20-17(24)11(4)21-18(25)14-8-15(13-7-9(2)26-12(13)5)22-19-16(14)10(3)23-27-19/h7-8,11H,6H2,1-5H3,(H,20,24)(H,21,25)/t11-/m0/s1. The highest BCUT2D eigenvalue weighted by molar-refractivity contribution is 6.08. The molecule has 0 bridgehead atoms. The zero-order chi connectivity index (χ0) is 19.7. The van der Waals surface area contributed by atoms with Crippen LogP contribution in [-0.2, 0) is 4.79 Å². The first-order valence-corrected chi connectivity index (χ1v) is 8.74. The highest BCUT2D eigenvalue weighted by Gasteiger charge is 2.23. The van der Waals surface area contributed by atoms with Gasteiger partial charge >= 0.3 is 0 Å². The van der Waals surface area contributed by atoms with Crippen molar-refractivity contribution in [2.75, 3.05) is 6.54 Å². The molecule has 0 aromatic carbocycles. The monoisotopic (exact) mass is 370 g/mol. The van der Waals surface area contributed by atoms with Gasteiger partial charge in [0.05, 0.1) is 22.3 Å². The van der Waals surface area contributed by atoms with E-state index in [4.69, 9.17) is 8.94 Å². The van der Waals surface area contributed by atoms with Gasteiger partial charge in [0, 0.05) is 12.1 Å². The predicted molar refractivity (Wildman–Crippen MR) is 99.3 cm³/mol. The van der Waals surface area contributed by atoms with Gasteiger partial charge in [0.25, 0.3) is 11.6 Å². The summed E-state index contributed by atoms with van der Waals surface area (Å²) in [4.78, 5) is 29.3. The van der Waals surface area contributed by atoms with Crippen LogP contribution in [0.15, 0.2) is 21.1 Å². The van der Waals surface area contributed by atoms with Gasteiger partial charge in [-0.3, -0.25) is 9.59 Å². The number of rotatable bonds is 5. The molecular formula is C19H22N4O4. The minimum absolute atomic E-state index is 0.250. The maximum Gasteiger partial charge on any atom is 0.259 e. The van der Waals surface area contributed by atoms with Gasteiger partial charge in [-0.25, -0.2) is 4.98 Å². The van der Waals surface area contributed by atoms with Gasteiger partial charge in [-0.2, -0.15) is 0 Å². The fraction of sp³-hybridized carbons (Fsp3) is 0.368. The molecular weight excluding hydrogens is 348 g/mol. The van der Waals surface area contributed by atoms with Gasteiger partial charge in [-0.1, -0.05) is 5.16 Å². The molecule has 0 radical (unpaired) electrons. The number of fused-ring (bicyclic) bond motifs is 1. The number of likely N-dealkylation sites (N-methyl/N-ethyl adjacent to an activating group) is 1. The van der Waals surface area contributed by atoms with Crippen LogP contribution < -0.4 is 10.6 Å². The van der Waals surface area contributed by atoms with E-state index >= 15 is 0 Å². The van der Waals surface area contributed by atoms with E-state index in [1.54, 1.807) is 19.9 Å². The van der Waals surface area contributed by atoms with E-state index in [1.807, 2.05) is 26.8 Å². The molecule has 0 aliphatic rings. The van der Waals surface area contributed by atoms with Gasteiger partial charge in [0.15, 0.2) is 0 Å². The van der Waals surface area contributed by atoms with Gasteiger partial charge in [0.1, 0.15) is 17.6 Å². The number of pyridine rings is 1. The van der Waals surface area contributed by atoms with E-state index < -0.39 is 11.9 Å². The molecule has 0 fully saturated rings. The van der Waals surface area contributed by atoms with Crippen molar-refractivity contribution < 1.29 is 18.5 Å². The molecule has 0 aliphatic carbocycles. The number of aromatic nitrogens is 2. The Hall–Kier alpha value is -3.16. The van der Waals surface area contributed by atoms with E-state index in [-0.39, 0.29) is 11.6 Å². The number of nitrogens with zero attached hydrogens (tertiary/aromatic N) is 2. The molecule has 3 heterocycles. The largest absolute Gasteiger partial charge is 0.466 e. The summed E-state index contributed by atoms with van der Waals surface area (Å²) in [6.07, 6.45) is 0. The SMILES string of the molecule is CCNC(=O)[C@H](C)NC(=O)c1cc(-c2cc(C)oc2C)nc2onc(C)c12. The third-order valence-electron chi connectivity index (χ3n) is 4.27. The van der Waals surface area contributed by atoms with E-state index in [0.717, 1.165) is 11.3 Å². The van der Waals surface area contributed by atoms with E-state index in [1.165, 1.54) is 0 Å². The molecule has 0 aliphatic heterocycles. The smallest absolute Gasteiger partial charge is 0.259 e. The second-order valence-electron chi connectivity index (χ2n) is 6.42. The lowest BCUT2D eigenvalue weighted by Gasteiger charge is -2.14. The highest BCUT2D eigenvalue weighted by Crippen LogP contribution is 2.30. The van der Waals surface area contributed by atoms with Crippen LogP contribution in [0.5, 0.6) is 0 Å². The maximum atomic E-state index is 12.9. The Kier molecular flexibility index (Phi) is 4.98. The van der Waals surface area contributed by atoms with Crippen LogP contribution in [0.3, 0.4) is 0 Å². The molecule has 2 N–H and O–H groups in total. The molecule has 3 aromatic heterocycles. The lowest BCUT2D eigenvalue weighted by Crippen LogP contribution is -2.44. The summed E-state index contributed by atoms with van der Waals surface area (Å²) in [6.45, 7) is 9.36. The second-order valence-corrected chi connectivity index (χ2v) is 6.42. The van der Waals surface area contributed by atoms with Crippen molar-refractivity contribution in [2.45, 2.75) is 40.7 Å². The molecule has 8 heteroatoms. The number of hydrogen-bond donors (Lipinski definition) is 2. The van der Waals surface area contributed by atoms with Crippen LogP contribution in [-0.4, -0.2) is 34.5 Å². The molecule has 0 saturated heterocycles. The van der Waals surface area contributed by atoms with Crippen molar-refractivity contribution in [3.05, 3.63) is 34.9 Å². The number of nitrogens with one attached hydrogen (secondary N) is 2. The lowest BCUT2D eigenvalue weighted by atomic mass is 10.0. The minimum atomic E-state index is -0.679. The van der Waals surface area contributed by atoms with E-state index in [0.29, 0.717) is 34.6 Å². The van der Waals surface area contributed by atoms with Crippen LogP contribution >= 0.6 is 0 Å². The first-order chi connectivity index (χ1) is 12.8. The molecule has 0 spiro atoms. The second kappa shape index (κ2) is 7.22. The average molecular weight is 370 g/mol. The fourth-order valence-electron chi connectivity index (χ4n) is 2.96. The quantitative estimate of drug-likeness (QED) is 0.714. The number of amides is 2. The Morgan fingerprint density at radius 2 is 1.96 bits per heavy atom. The van der Waals surface area contributed by atoms with Crippen LogP contribution in [0, 0.1) is 20.8 Å². The fourth-order valence-corrected chi connectivity index (χ4v) is 2.96. The molecule has 1 atom stereocenters. The third kappa shape index (κ3) is 3.55. The summed E-state index contributed by atoms with van der Waals surface area (Å²) in [7, 11) is 0. The van der Waals surface area contributed by atoms with Crippen molar-refractivity contribution >= 4 is 22.9 Å². The summed E-state index contributed by atoms with van der Waals surface area (Å²) < 4.78 is 10.9. The average Bonchev–Trinajstić information content (AvgIpc) is 3.16. The molecule has 2 amide bonds. The zero-order valence-corrected chi connectivity index (χ0v) is 16.0. The summed E-state index contributed by atoms with van der Waals surface area (Å²) in [5, 5.41) is 9.85. The van der Waals surface area contributed by atoms with Gasteiger partial charge < -0.3 is 19.6 Å². The van der Waals surface area contributed by atoms with Gasteiger partial charge in [-0.05, 0) is 46.8 Å². The Morgan fingerprint density at radius 1 is 1.22 bits per heavy atom. The van der Waals surface area contributed by atoms with Crippen molar-refractivity contribution in [3.8, 4) is 11.3 Å². The topological polar surface area (TPSA) is 110 Å². The van der Waals surface area contributed by atoms with Crippen molar-refractivity contribution in [3.63, 3.8) is 0 Å². The highest BCUT2D eigenvalue weighted by atomic mass is 16.5. The number of aryl methyl sites for hydroxylation is 3. The Balaban J connectivity index is 2.05. The van der Waals surface area contributed by atoms with Gasteiger partial charge in [-0.15, -0.1) is 0 Å². The normalized spacial score (nSPS) is 12.2. The summed E-state index contributed by atoms with van der Waals surface area (Å²) in [6, 6.07) is 2.84. The van der Waals surface area contributed by atoms with E-state index in [2.05, 4.69) is 20.8 Å². The van der Waals surface area contributed by atoms with Crippen LogP contribution in [0.25, 0.3) is 22.4 Å². The summed E-state index contributed by atoms with van der Waals surface area (Å²) >= 11 is 0. The predicted octanol–water partition coefficient (Wildman–Crippen LogP) is 2.66. The molecule has 8 nitrogen and oxygen atoms in total. The summed E-state index contributed by atoms with van der Waals surface area (Å²) in [5.74, 6) is 0.790. The van der Waals surface area contributed by atoms with E-state index in [9.17, 15) is 9.59 Å². The number of carbonyl (C=O) groups excluding carboxylic acids is 2. The Bertz CT molecular complexity index is 1020. The number of hydrogen-bond acceptors (Lipinski definition) is 6. The zero-order valence-electron chi connectivity index (χ0n) is 16.0. The number of carbonyl (C=O) groups is 2. The maximum absolute atomic E-state index is 12.9. The van der Waals surface area contributed by atoms with Crippen molar-refractivity contribution in [1.82, 2.24) is 20.8 Å². The Labute approximate surface area is 156 Å². The molecule has 142 valence electrons. The van der Waals surface area contributed by atoms with Crippen molar-refractivity contribution in [1.29, 1.82) is 0 Å². The van der Waals surface area contributed by atoms with Crippen molar-refractivity contribution in [2.24, 2.45) is 0 Å². The first-order valence-electron chi connectivity index (χ1n) is 8.74.